The molecule has 0 aromatic carbocycles. The van der Waals surface area contributed by atoms with Crippen molar-refractivity contribution in [3.8, 4) is 0 Å². The van der Waals surface area contributed by atoms with Crippen LogP contribution in [0.25, 0.3) is 0 Å². The van der Waals surface area contributed by atoms with E-state index in [0.29, 0.717) is 13.0 Å². The number of carboxylic acid groups (broad SMARTS) is 1. The highest BCUT2D eigenvalue weighted by Gasteiger charge is 2.14. The van der Waals surface area contributed by atoms with Crippen LogP contribution in [0.15, 0.2) is 0 Å². The Kier molecular flexibility index (Phi) is 7.54. The molecule has 20 heavy (non-hydrogen) atoms. The molecule has 0 aliphatic carbocycles. The van der Waals surface area contributed by atoms with Crippen molar-refractivity contribution in [3.63, 3.8) is 0 Å². The summed E-state index contributed by atoms with van der Waals surface area (Å²) in [5, 5.41) is 11.5. The Morgan fingerprint density at radius 2 is 1.85 bits per heavy atom. The quantitative estimate of drug-likeness (QED) is 0.625. The average molecular weight is 285 g/mol. The lowest BCUT2D eigenvalue weighted by Gasteiger charge is -2.32. The van der Waals surface area contributed by atoms with E-state index >= 15 is 0 Å². The first kappa shape index (κ1) is 16.9. The molecule has 0 radical (unpaired) electrons. The first-order valence-corrected chi connectivity index (χ1v) is 7.36. The SMILES string of the molecule is CC(CC(=O)O)CC(=O)NCCCN1CCN(C)CC1. The molecule has 1 aliphatic heterocycles. The fraction of sp³-hybridized carbons (Fsp3) is 0.857. The molecule has 0 bridgehead atoms. The van der Waals surface area contributed by atoms with Gasteiger partial charge in [0.15, 0.2) is 0 Å². The number of likely N-dealkylation sites (N-methyl/N-ethyl adjacent to an activating group) is 1. The number of nitrogens with zero attached hydrogens (tertiary/aromatic N) is 2. The van der Waals surface area contributed by atoms with Crippen LogP contribution in [-0.4, -0.2) is 73.1 Å². The van der Waals surface area contributed by atoms with E-state index < -0.39 is 5.97 Å². The summed E-state index contributed by atoms with van der Waals surface area (Å²) in [7, 11) is 2.13. The smallest absolute Gasteiger partial charge is 0.303 e. The zero-order valence-corrected chi connectivity index (χ0v) is 12.6. The first-order chi connectivity index (χ1) is 9.47. The first-order valence-electron chi connectivity index (χ1n) is 7.36. The van der Waals surface area contributed by atoms with Gasteiger partial charge in [-0.25, -0.2) is 0 Å². The summed E-state index contributed by atoms with van der Waals surface area (Å²) in [4.78, 5) is 26.9. The van der Waals surface area contributed by atoms with Gasteiger partial charge in [-0.1, -0.05) is 6.92 Å². The zero-order chi connectivity index (χ0) is 15.0. The third-order valence-electron chi connectivity index (χ3n) is 3.63. The van der Waals surface area contributed by atoms with Gasteiger partial charge < -0.3 is 20.2 Å². The summed E-state index contributed by atoms with van der Waals surface area (Å²) in [6, 6.07) is 0. The van der Waals surface area contributed by atoms with E-state index in [2.05, 4.69) is 22.2 Å². The van der Waals surface area contributed by atoms with Gasteiger partial charge in [0.1, 0.15) is 0 Å². The molecule has 1 rings (SSSR count). The third kappa shape index (κ3) is 7.45. The lowest BCUT2D eigenvalue weighted by atomic mass is 10.0. The molecule has 2 N–H and O–H groups in total. The molecule has 6 heteroatoms. The molecule has 0 aromatic heterocycles. The minimum absolute atomic E-state index is 0.0443. The lowest BCUT2D eigenvalue weighted by Crippen LogP contribution is -2.45. The number of hydrogen-bond donors (Lipinski definition) is 2. The van der Waals surface area contributed by atoms with E-state index in [0.717, 1.165) is 39.1 Å². The summed E-state index contributed by atoms with van der Waals surface area (Å²) in [5.41, 5.74) is 0. The molecule has 1 unspecified atom stereocenters. The third-order valence-corrected chi connectivity index (χ3v) is 3.63. The van der Waals surface area contributed by atoms with Gasteiger partial charge >= 0.3 is 5.97 Å². The van der Waals surface area contributed by atoms with Crippen molar-refractivity contribution in [3.05, 3.63) is 0 Å². The summed E-state index contributed by atoms with van der Waals surface area (Å²) in [6.07, 6.45) is 1.29. The van der Waals surface area contributed by atoms with Gasteiger partial charge in [0.2, 0.25) is 5.91 Å². The van der Waals surface area contributed by atoms with Gasteiger partial charge in [-0.3, -0.25) is 9.59 Å². The van der Waals surface area contributed by atoms with E-state index in [9.17, 15) is 9.59 Å². The highest BCUT2D eigenvalue weighted by molar-refractivity contribution is 5.77. The lowest BCUT2D eigenvalue weighted by molar-refractivity contribution is -0.138. The van der Waals surface area contributed by atoms with Crippen LogP contribution in [0.4, 0.5) is 0 Å². The van der Waals surface area contributed by atoms with E-state index in [-0.39, 0.29) is 18.2 Å². The van der Waals surface area contributed by atoms with Crippen LogP contribution in [0.5, 0.6) is 0 Å². The van der Waals surface area contributed by atoms with Crippen LogP contribution in [0, 0.1) is 5.92 Å². The Morgan fingerprint density at radius 1 is 1.20 bits per heavy atom. The highest BCUT2D eigenvalue weighted by atomic mass is 16.4. The minimum Gasteiger partial charge on any atom is -0.481 e. The maximum absolute atomic E-state index is 11.6. The van der Waals surface area contributed by atoms with Gasteiger partial charge in [0, 0.05) is 45.6 Å². The van der Waals surface area contributed by atoms with Gasteiger partial charge in [-0.15, -0.1) is 0 Å². The fourth-order valence-corrected chi connectivity index (χ4v) is 2.36. The van der Waals surface area contributed by atoms with Crippen molar-refractivity contribution in [2.45, 2.75) is 26.2 Å². The molecule has 6 nitrogen and oxygen atoms in total. The van der Waals surface area contributed by atoms with E-state index in [1.54, 1.807) is 6.92 Å². The van der Waals surface area contributed by atoms with Crippen molar-refractivity contribution >= 4 is 11.9 Å². The van der Waals surface area contributed by atoms with Gasteiger partial charge in [0.25, 0.3) is 0 Å². The second-order valence-electron chi connectivity index (χ2n) is 5.76. The number of hydrogen-bond acceptors (Lipinski definition) is 4. The topological polar surface area (TPSA) is 72.9 Å². The Hall–Kier alpha value is -1.14. The molecule has 0 saturated carbocycles. The summed E-state index contributed by atoms with van der Waals surface area (Å²) < 4.78 is 0. The predicted octanol–water partition coefficient (Wildman–Crippen LogP) is 0.241. The fourth-order valence-electron chi connectivity index (χ4n) is 2.36. The molecule has 1 heterocycles. The summed E-state index contributed by atoms with van der Waals surface area (Å²) in [6.45, 7) is 7.89. The molecular formula is C14H27N3O3. The average Bonchev–Trinajstić information content (AvgIpc) is 2.35. The Bertz CT molecular complexity index is 315. The number of amides is 1. The zero-order valence-electron chi connectivity index (χ0n) is 12.6. The summed E-state index contributed by atoms with van der Waals surface area (Å²) >= 11 is 0. The number of nitrogens with one attached hydrogen (secondary N) is 1. The molecule has 116 valence electrons. The van der Waals surface area contributed by atoms with Crippen LogP contribution in [0.2, 0.25) is 0 Å². The van der Waals surface area contributed by atoms with Gasteiger partial charge in [-0.05, 0) is 25.9 Å². The molecule has 1 amide bonds. The minimum atomic E-state index is -0.847. The molecule has 1 saturated heterocycles. The normalized spacial score (nSPS) is 18.7. The number of carbonyl (C=O) groups is 2. The standard InChI is InChI=1S/C14H27N3O3/c1-12(11-14(19)20)10-13(18)15-4-3-5-17-8-6-16(2)7-9-17/h12H,3-11H2,1-2H3,(H,15,18)(H,19,20). The van der Waals surface area contributed by atoms with Crippen LogP contribution in [0.3, 0.4) is 0 Å². The van der Waals surface area contributed by atoms with E-state index in [1.807, 2.05) is 0 Å². The highest BCUT2D eigenvalue weighted by Crippen LogP contribution is 2.06. The second kappa shape index (κ2) is 8.92. The number of carbonyl (C=O) groups excluding carboxylic acids is 1. The van der Waals surface area contributed by atoms with Crippen LogP contribution in [0.1, 0.15) is 26.2 Å². The number of rotatable bonds is 8. The van der Waals surface area contributed by atoms with Crippen molar-refractivity contribution in [2.24, 2.45) is 5.92 Å². The van der Waals surface area contributed by atoms with Crippen molar-refractivity contribution < 1.29 is 14.7 Å². The Balaban J connectivity index is 2.03. The monoisotopic (exact) mass is 285 g/mol. The Morgan fingerprint density at radius 3 is 2.45 bits per heavy atom. The van der Waals surface area contributed by atoms with Crippen molar-refractivity contribution in [2.75, 3.05) is 46.3 Å². The number of carboxylic acids is 1. The van der Waals surface area contributed by atoms with Crippen LogP contribution >= 0.6 is 0 Å². The summed E-state index contributed by atoms with van der Waals surface area (Å²) in [5.74, 6) is -0.998. The Labute approximate surface area is 121 Å². The molecular weight excluding hydrogens is 258 g/mol. The van der Waals surface area contributed by atoms with Crippen LogP contribution in [-0.2, 0) is 9.59 Å². The number of aliphatic carboxylic acids is 1. The van der Waals surface area contributed by atoms with E-state index in [4.69, 9.17) is 5.11 Å². The van der Waals surface area contributed by atoms with Gasteiger partial charge in [0.05, 0.1) is 0 Å². The largest absolute Gasteiger partial charge is 0.481 e. The van der Waals surface area contributed by atoms with Crippen molar-refractivity contribution in [1.82, 2.24) is 15.1 Å². The van der Waals surface area contributed by atoms with Crippen molar-refractivity contribution in [1.29, 1.82) is 0 Å². The molecule has 1 atom stereocenters. The number of piperazine rings is 1. The molecule has 1 aliphatic rings. The predicted molar refractivity (Wildman–Crippen MR) is 77.6 cm³/mol. The van der Waals surface area contributed by atoms with Crippen LogP contribution < -0.4 is 5.32 Å². The van der Waals surface area contributed by atoms with Gasteiger partial charge in [-0.2, -0.15) is 0 Å². The maximum atomic E-state index is 11.6. The van der Waals surface area contributed by atoms with E-state index in [1.165, 1.54) is 0 Å². The molecule has 1 fully saturated rings. The molecule has 0 aromatic rings. The maximum Gasteiger partial charge on any atom is 0.303 e. The molecule has 0 spiro atoms. The second-order valence-corrected chi connectivity index (χ2v) is 5.76.